The first-order valence-electron chi connectivity index (χ1n) is 8.93. The molecule has 2 fully saturated rings. The summed E-state index contributed by atoms with van der Waals surface area (Å²) in [7, 11) is -0.842. The van der Waals surface area contributed by atoms with Gasteiger partial charge in [0.25, 0.3) is 0 Å². The lowest BCUT2D eigenvalue weighted by Crippen LogP contribution is -2.44. The third-order valence-electron chi connectivity index (χ3n) is 6.22. The molecule has 2 aliphatic heterocycles. The topological polar surface area (TPSA) is 36.9 Å². The SMILES string of the molecule is [CH2+]C1(C)OB(c2cccc(B3OC(C)(C)C(C)(C)O3)c2C)OC1(C)C. The Bertz CT molecular complexity index is 596. The second kappa shape index (κ2) is 5.53. The molecule has 4 nitrogen and oxygen atoms in total. The molecule has 0 radical (unpaired) electrons. The summed E-state index contributed by atoms with van der Waals surface area (Å²) in [6.07, 6.45) is 0. The van der Waals surface area contributed by atoms with Crippen molar-refractivity contribution in [3.63, 3.8) is 0 Å². The Morgan fingerprint density at radius 1 is 0.720 bits per heavy atom. The Hall–Kier alpha value is -0.940. The number of rotatable bonds is 2. The van der Waals surface area contributed by atoms with Gasteiger partial charge in [-0.1, -0.05) is 23.8 Å². The minimum absolute atomic E-state index is 0.367. The van der Waals surface area contributed by atoms with E-state index in [1.54, 1.807) is 0 Å². The van der Waals surface area contributed by atoms with Crippen LogP contribution in [0.2, 0.25) is 0 Å². The minimum atomic E-state index is -0.607. The van der Waals surface area contributed by atoms with Crippen LogP contribution in [-0.4, -0.2) is 36.6 Å². The van der Waals surface area contributed by atoms with Crippen molar-refractivity contribution in [3.8, 4) is 0 Å². The van der Waals surface area contributed by atoms with Crippen LogP contribution in [0.4, 0.5) is 0 Å². The zero-order valence-corrected chi connectivity index (χ0v) is 16.7. The molecule has 2 saturated heterocycles. The first-order valence-corrected chi connectivity index (χ1v) is 8.93. The molecule has 25 heavy (non-hydrogen) atoms. The van der Waals surface area contributed by atoms with Crippen LogP contribution in [0, 0.1) is 13.8 Å². The molecule has 1 aromatic rings. The van der Waals surface area contributed by atoms with Crippen molar-refractivity contribution in [3.05, 3.63) is 30.7 Å². The highest BCUT2D eigenvalue weighted by molar-refractivity contribution is 6.67. The maximum absolute atomic E-state index is 6.21. The van der Waals surface area contributed by atoms with Crippen LogP contribution in [0.5, 0.6) is 0 Å². The lowest BCUT2D eigenvalue weighted by molar-refractivity contribution is 0.00578. The van der Waals surface area contributed by atoms with Crippen molar-refractivity contribution >= 4 is 25.2 Å². The monoisotopic (exact) mass is 343 g/mol. The minimum Gasteiger partial charge on any atom is -0.399 e. The second-order valence-electron chi connectivity index (χ2n) is 8.96. The highest BCUT2D eigenvalue weighted by Gasteiger charge is 2.58. The third-order valence-corrected chi connectivity index (χ3v) is 6.22. The van der Waals surface area contributed by atoms with Gasteiger partial charge in [-0.05, 0) is 59.4 Å². The fourth-order valence-corrected chi connectivity index (χ4v) is 3.07. The smallest absolute Gasteiger partial charge is 0.399 e. The summed E-state index contributed by atoms with van der Waals surface area (Å²) in [5, 5.41) is 0. The fraction of sp³-hybridized carbons (Fsp3) is 0.632. The molecular weight excluding hydrogens is 314 g/mol. The molecule has 134 valence electrons. The highest BCUT2D eigenvalue weighted by atomic mass is 16.7. The van der Waals surface area contributed by atoms with E-state index in [4.69, 9.17) is 18.6 Å². The van der Waals surface area contributed by atoms with Gasteiger partial charge in [-0.15, -0.1) is 0 Å². The Morgan fingerprint density at radius 2 is 1.12 bits per heavy atom. The highest BCUT2D eigenvalue weighted by Crippen LogP contribution is 2.38. The summed E-state index contributed by atoms with van der Waals surface area (Å²) in [6, 6.07) is 6.08. The molecule has 3 rings (SSSR count). The van der Waals surface area contributed by atoms with E-state index in [9.17, 15) is 0 Å². The molecule has 0 N–H and O–H groups in total. The zero-order valence-electron chi connectivity index (χ0n) is 16.7. The zero-order chi connectivity index (χ0) is 18.8. The molecule has 0 bridgehead atoms. The van der Waals surface area contributed by atoms with Crippen LogP contribution in [0.25, 0.3) is 0 Å². The van der Waals surface area contributed by atoms with Gasteiger partial charge in [0.2, 0.25) is 5.60 Å². The second-order valence-corrected chi connectivity index (χ2v) is 8.96. The molecule has 1 unspecified atom stereocenters. The third kappa shape index (κ3) is 2.93. The van der Waals surface area contributed by atoms with E-state index < -0.39 is 25.4 Å². The van der Waals surface area contributed by atoms with Gasteiger partial charge in [0.1, 0.15) is 5.60 Å². The molecule has 0 spiro atoms. The van der Waals surface area contributed by atoms with Crippen LogP contribution >= 0.6 is 0 Å². The molecule has 0 aromatic heterocycles. The molecule has 1 atom stereocenters. The first kappa shape index (κ1) is 18.8. The maximum Gasteiger partial charge on any atom is 0.498 e. The molecular formula is C19H29B2O4+. The summed E-state index contributed by atoms with van der Waals surface area (Å²) in [5.74, 6) is 0. The van der Waals surface area contributed by atoms with Crippen molar-refractivity contribution in [1.82, 2.24) is 0 Å². The van der Waals surface area contributed by atoms with Gasteiger partial charge >= 0.3 is 14.2 Å². The quantitative estimate of drug-likeness (QED) is 0.611. The Morgan fingerprint density at radius 3 is 1.52 bits per heavy atom. The van der Waals surface area contributed by atoms with Gasteiger partial charge in [-0.3, -0.25) is 0 Å². The number of benzene rings is 1. The first-order chi connectivity index (χ1) is 11.3. The number of hydrogen-bond acceptors (Lipinski definition) is 4. The summed E-state index contributed by atoms with van der Waals surface area (Å²) in [5.41, 5.74) is 1.27. The molecule has 2 aliphatic rings. The van der Waals surface area contributed by atoms with Crippen molar-refractivity contribution < 1.29 is 18.6 Å². The Labute approximate surface area is 152 Å². The predicted molar refractivity (Wildman–Crippen MR) is 102 cm³/mol. The molecule has 0 aliphatic carbocycles. The van der Waals surface area contributed by atoms with Crippen molar-refractivity contribution in [2.45, 2.75) is 77.8 Å². The van der Waals surface area contributed by atoms with Gasteiger partial charge in [-0.25, -0.2) is 0 Å². The van der Waals surface area contributed by atoms with Gasteiger partial charge in [0, 0.05) is 6.92 Å². The van der Waals surface area contributed by atoms with E-state index in [-0.39, 0.29) is 11.2 Å². The predicted octanol–water partition coefficient (Wildman–Crippen LogP) is 2.41. The maximum atomic E-state index is 6.21. The van der Waals surface area contributed by atoms with Crippen LogP contribution in [0.1, 0.15) is 54.0 Å². The normalized spacial score (nSPS) is 30.1. The Kier molecular flexibility index (Phi) is 4.16. The van der Waals surface area contributed by atoms with E-state index in [0.29, 0.717) is 0 Å². The average Bonchev–Trinajstić information content (AvgIpc) is 2.78. The lowest BCUT2D eigenvalue weighted by atomic mass is 9.68. The van der Waals surface area contributed by atoms with E-state index >= 15 is 0 Å². The average molecular weight is 343 g/mol. The van der Waals surface area contributed by atoms with Crippen LogP contribution in [0.3, 0.4) is 0 Å². The van der Waals surface area contributed by atoms with Crippen LogP contribution < -0.4 is 10.9 Å². The van der Waals surface area contributed by atoms with E-state index in [0.717, 1.165) is 16.5 Å². The molecule has 0 saturated carbocycles. The number of hydrogen-bond donors (Lipinski definition) is 0. The summed E-state index contributed by atoms with van der Waals surface area (Å²) < 4.78 is 24.7. The largest absolute Gasteiger partial charge is 0.498 e. The summed E-state index contributed by atoms with van der Waals surface area (Å²) in [6.45, 7) is 20.5. The van der Waals surface area contributed by atoms with Crippen molar-refractivity contribution in [2.24, 2.45) is 0 Å². The van der Waals surface area contributed by atoms with Crippen LogP contribution in [-0.2, 0) is 18.6 Å². The molecule has 6 heteroatoms. The summed E-state index contributed by atoms with van der Waals surface area (Å²) in [4.78, 5) is 0. The van der Waals surface area contributed by atoms with E-state index in [1.807, 2.05) is 39.0 Å². The van der Waals surface area contributed by atoms with E-state index in [2.05, 4.69) is 41.5 Å². The standard InChI is InChI=1S/C19H29B2O4/c1-13-14(20-22-16(2,3)17(4,5)23-20)11-10-12-15(13)21-24-18(6,7)19(8,9)25-21/h10-12H,2H2,1,3-9H3/q+1. The lowest BCUT2D eigenvalue weighted by Gasteiger charge is -2.32. The van der Waals surface area contributed by atoms with Gasteiger partial charge in [0.15, 0.2) is 0 Å². The fourth-order valence-electron chi connectivity index (χ4n) is 3.07. The van der Waals surface area contributed by atoms with Crippen LogP contribution in [0.15, 0.2) is 18.2 Å². The molecule has 0 amide bonds. The molecule has 2 heterocycles. The van der Waals surface area contributed by atoms with Crippen molar-refractivity contribution in [1.29, 1.82) is 0 Å². The van der Waals surface area contributed by atoms with Crippen molar-refractivity contribution in [2.75, 3.05) is 0 Å². The summed E-state index contributed by atoms with van der Waals surface area (Å²) >= 11 is 0. The van der Waals surface area contributed by atoms with Gasteiger partial charge in [-0.2, -0.15) is 0 Å². The Balaban J connectivity index is 1.93. The molecule has 1 aromatic carbocycles. The van der Waals surface area contributed by atoms with Gasteiger partial charge < -0.3 is 18.6 Å². The van der Waals surface area contributed by atoms with Gasteiger partial charge in [0.05, 0.1) is 18.1 Å². The van der Waals surface area contributed by atoms with E-state index in [1.165, 1.54) is 0 Å².